The van der Waals surface area contributed by atoms with Crippen molar-refractivity contribution in [2.45, 2.75) is 18.9 Å². The fourth-order valence-electron chi connectivity index (χ4n) is 2.39. The van der Waals surface area contributed by atoms with Crippen LogP contribution in [0.5, 0.6) is 5.75 Å². The lowest BCUT2D eigenvalue weighted by Crippen LogP contribution is -2.40. The summed E-state index contributed by atoms with van der Waals surface area (Å²) in [5.41, 5.74) is -0.0733. The van der Waals surface area contributed by atoms with Crippen molar-refractivity contribution in [3.05, 3.63) is 33.9 Å². The summed E-state index contributed by atoms with van der Waals surface area (Å²) in [6.07, 6.45) is 1.01. The number of rotatable bonds is 4. The number of amides is 1. The van der Waals surface area contributed by atoms with Crippen LogP contribution in [0.1, 0.15) is 23.2 Å². The maximum absolute atomic E-state index is 12.4. The molecule has 0 aliphatic carbocycles. The third-order valence-electron chi connectivity index (χ3n) is 3.43. The van der Waals surface area contributed by atoms with Crippen molar-refractivity contribution >= 4 is 17.6 Å². The molecule has 1 aromatic carbocycles. The minimum absolute atomic E-state index is 0.0604. The first-order valence-electron chi connectivity index (χ1n) is 6.32. The summed E-state index contributed by atoms with van der Waals surface area (Å²) in [5, 5.41) is 19.8. The summed E-state index contributed by atoms with van der Waals surface area (Å²) in [5.74, 6) is -1.49. The van der Waals surface area contributed by atoms with Gasteiger partial charge in [0.2, 0.25) is 0 Å². The summed E-state index contributed by atoms with van der Waals surface area (Å²) >= 11 is 0. The SMILES string of the molecule is COc1cc([N+](=O)[O-])ccc1C(=O)N1CCC[C@@H]1C(=O)O. The van der Waals surface area contributed by atoms with E-state index >= 15 is 0 Å². The first-order chi connectivity index (χ1) is 9.95. The van der Waals surface area contributed by atoms with Gasteiger partial charge in [-0.15, -0.1) is 0 Å². The van der Waals surface area contributed by atoms with Gasteiger partial charge in [0, 0.05) is 12.6 Å². The Morgan fingerprint density at radius 2 is 2.19 bits per heavy atom. The standard InChI is InChI=1S/C13H14N2O6/c1-21-11-7-8(15(19)20)4-5-9(11)12(16)14-6-2-3-10(14)13(17)18/h4-5,7,10H,2-3,6H2,1H3,(H,17,18)/t10-/m1/s1. The molecule has 2 rings (SSSR count). The van der Waals surface area contributed by atoms with Gasteiger partial charge in [0.1, 0.15) is 11.8 Å². The number of nitrogens with zero attached hydrogens (tertiary/aromatic N) is 2. The smallest absolute Gasteiger partial charge is 0.326 e. The molecule has 1 amide bonds. The predicted molar refractivity (Wildman–Crippen MR) is 71.3 cm³/mol. The number of methoxy groups -OCH3 is 1. The maximum Gasteiger partial charge on any atom is 0.326 e. The van der Waals surface area contributed by atoms with E-state index in [9.17, 15) is 19.7 Å². The fourth-order valence-corrected chi connectivity index (χ4v) is 2.39. The highest BCUT2D eigenvalue weighted by Crippen LogP contribution is 2.28. The van der Waals surface area contributed by atoms with Crippen LogP contribution in [0.25, 0.3) is 0 Å². The highest BCUT2D eigenvalue weighted by Gasteiger charge is 2.35. The van der Waals surface area contributed by atoms with E-state index in [0.29, 0.717) is 19.4 Å². The van der Waals surface area contributed by atoms with Gasteiger partial charge >= 0.3 is 5.97 Å². The molecule has 0 spiro atoms. The molecule has 1 heterocycles. The second-order valence-electron chi connectivity index (χ2n) is 4.64. The van der Waals surface area contributed by atoms with Gasteiger partial charge in [-0.3, -0.25) is 14.9 Å². The number of carboxylic acids is 1. The number of ether oxygens (including phenoxy) is 1. The highest BCUT2D eigenvalue weighted by molar-refractivity contribution is 5.99. The zero-order valence-electron chi connectivity index (χ0n) is 11.3. The Bertz CT molecular complexity index is 600. The van der Waals surface area contributed by atoms with Crippen LogP contribution in [0.3, 0.4) is 0 Å². The van der Waals surface area contributed by atoms with Crippen LogP contribution in [0.4, 0.5) is 5.69 Å². The van der Waals surface area contributed by atoms with Gasteiger partial charge in [-0.05, 0) is 18.9 Å². The lowest BCUT2D eigenvalue weighted by atomic mass is 10.1. The molecular weight excluding hydrogens is 280 g/mol. The number of non-ortho nitro benzene ring substituents is 1. The lowest BCUT2D eigenvalue weighted by molar-refractivity contribution is -0.384. The minimum Gasteiger partial charge on any atom is -0.496 e. The predicted octanol–water partition coefficient (Wildman–Crippen LogP) is 1.29. The number of aliphatic carboxylic acids is 1. The largest absolute Gasteiger partial charge is 0.496 e. The van der Waals surface area contributed by atoms with Crippen LogP contribution in [0.2, 0.25) is 0 Å². The number of benzene rings is 1. The number of carbonyl (C=O) groups is 2. The van der Waals surface area contributed by atoms with Crippen LogP contribution in [-0.4, -0.2) is 46.5 Å². The molecule has 0 radical (unpaired) electrons. The van der Waals surface area contributed by atoms with E-state index in [-0.39, 0.29) is 17.0 Å². The van der Waals surface area contributed by atoms with Crippen LogP contribution in [-0.2, 0) is 4.79 Å². The van der Waals surface area contributed by atoms with Gasteiger partial charge in [0.15, 0.2) is 0 Å². The van der Waals surface area contributed by atoms with Crippen molar-refractivity contribution in [2.75, 3.05) is 13.7 Å². The second kappa shape index (κ2) is 5.78. The number of likely N-dealkylation sites (tertiary alicyclic amines) is 1. The average molecular weight is 294 g/mol. The minimum atomic E-state index is -1.05. The van der Waals surface area contributed by atoms with Gasteiger partial charge in [-0.2, -0.15) is 0 Å². The first kappa shape index (κ1) is 14.8. The van der Waals surface area contributed by atoms with Crippen LogP contribution in [0.15, 0.2) is 18.2 Å². The fraction of sp³-hybridized carbons (Fsp3) is 0.385. The summed E-state index contributed by atoms with van der Waals surface area (Å²) in [7, 11) is 1.30. The molecule has 1 atom stereocenters. The second-order valence-corrected chi connectivity index (χ2v) is 4.64. The quantitative estimate of drug-likeness (QED) is 0.662. The van der Waals surface area contributed by atoms with E-state index in [1.165, 1.54) is 24.1 Å². The molecule has 1 N–H and O–H groups in total. The van der Waals surface area contributed by atoms with Gasteiger partial charge in [0.05, 0.1) is 23.7 Å². The summed E-state index contributed by atoms with van der Waals surface area (Å²) in [4.78, 5) is 35.0. The highest BCUT2D eigenvalue weighted by atomic mass is 16.6. The average Bonchev–Trinajstić information content (AvgIpc) is 2.95. The summed E-state index contributed by atoms with van der Waals surface area (Å²) in [6.45, 7) is 0.343. The van der Waals surface area contributed by atoms with E-state index in [1.807, 2.05) is 0 Å². The molecule has 0 unspecified atom stereocenters. The first-order valence-corrected chi connectivity index (χ1v) is 6.32. The Morgan fingerprint density at radius 1 is 1.48 bits per heavy atom. The number of carbonyl (C=O) groups excluding carboxylic acids is 1. The number of hydrogen-bond donors (Lipinski definition) is 1. The summed E-state index contributed by atoms with van der Waals surface area (Å²) in [6, 6.07) is 2.77. The van der Waals surface area contributed by atoms with E-state index < -0.39 is 22.8 Å². The zero-order valence-corrected chi connectivity index (χ0v) is 11.3. The molecule has 1 aliphatic heterocycles. The van der Waals surface area contributed by atoms with E-state index in [2.05, 4.69) is 0 Å². The molecule has 0 aromatic heterocycles. The zero-order chi connectivity index (χ0) is 15.6. The van der Waals surface area contributed by atoms with E-state index in [4.69, 9.17) is 9.84 Å². The topological polar surface area (TPSA) is 110 Å². The van der Waals surface area contributed by atoms with Gasteiger partial charge < -0.3 is 14.7 Å². The molecule has 8 nitrogen and oxygen atoms in total. The van der Waals surface area contributed by atoms with Crippen LogP contribution in [0, 0.1) is 10.1 Å². The number of hydrogen-bond acceptors (Lipinski definition) is 5. The normalized spacial score (nSPS) is 17.6. The lowest BCUT2D eigenvalue weighted by Gasteiger charge is -2.22. The Balaban J connectivity index is 2.35. The Labute approximate surface area is 120 Å². The Kier molecular flexibility index (Phi) is 4.06. The number of nitro groups is 1. The molecule has 1 saturated heterocycles. The van der Waals surface area contributed by atoms with Crippen LogP contribution < -0.4 is 4.74 Å². The van der Waals surface area contributed by atoms with Crippen molar-refractivity contribution in [1.82, 2.24) is 4.90 Å². The third-order valence-corrected chi connectivity index (χ3v) is 3.43. The van der Waals surface area contributed by atoms with Gasteiger partial charge in [-0.1, -0.05) is 0 Å². The monoisotopic (exact) mass is 294 g/mol. The molecule has 1 aromatic rings. The molecular formula is C13H14N2O6. The van der Waals surface area contributed by atoms with E-state index in [1.54, 1.807) is 0 Å². The molecule has 8 heteroatoms. The van der Waals surface area contributed by atoms with Crippen molar-refractivity contribution in [3.8, 4) is 5.75 Å². The molecule has 0 bridgehead atoms. The van der Waals surface area contributed by atoms with Crippen LogP contribution >= 0.6 is 0 Å². The van der Waals surface area contributed by atoms with Gasteiger partial charge in [0.25, 0.3) is 11.6 Å². The van der Waals surface area contributed by atoms with Crippen molar-refractivity contribution in [2.24, 2.45) is 0 Å². The number of carboxylic acid groups (broad SMARTS) is 1. The molecule has 0 saturated carbocycles. The van der Waals surface area contributed by atoms with Crippen molar-refractivity contribution < 1.29 is 24.4 Å². The molecule has 21 heavy (non-hydrogen) atoms. The molecule has 1 fully saturated rings. The Morgan fingerprint density at radius 3 is 2.76 bits per heavy atom. The molecule has 112 valence electrons. The van der Waals surface area contributed by atoms with Crippen molar-refractivity contribution in [1.29, 1.82) is 0 Å². The van der Waals surface area contributed by atoms with Gasteiger partial charge in [-0.25, -0.2) is 4.79 Å². The number of nitro benzene ring substituents is 1. The van der Waals surface area contributed by atoms with Crippen molar-refractivity contribution in [3.63, 3.8) is 0 Å². The summed E-state index contributed by atoms with van der Waals surface area (Å²) < 4.78 is 5.01. The Hall–Kier alpha value is -2.64. The van der Waals surface area contributed by atoms with E-state index in [0.717, 1.165) is 6.07 Å². The maximum atomic E-state index is 12.4. The molecule has 1 aliphatic rings. The third kappa shape index (κ3) is 2.78.